The van der Waals surface area contributed by atoms with Gasteiger partial charge in [0, 0.05) is 27.8 Å². The largest absolute Gasteiger partial charge is 0.507 e. The van der Waals surface area contributed by atoms with Gasteiger partial charge in [-0.1, -0.05) is 22.0 Å². The van der Waals surface area contributed by atoms with Gasteiger partial charge < -0.3 is 5.11 Å². The molecule has 3 nitrogen and oxygen atoms in total. The molecule has 0 saturated carbocycles. The Morgan fingerprint density at radius 3 is 2.90 bits per heavy atom. The van der Waals surface area contributed by atoms with Crippen LogP contribution in [-0.4, -0.2) is 16.3 Å². The summed E-state index contributed by atoms with van der Waals surface area (Å²) in [6.07, 6.45) is 3.41. The van der Waals surface area contributed by atoms with E-state index in [0.29, 0.717) is 5.56 Å². The number of rotatable bonds is 2. The van der Waals surface area contributed by atoms with E-state index in [1.165, 1.54) is 0 Å². The molecule has 3 aromatic rings. The number of hydrogen-bond acceptors (Lipinski definition) is 3. The van der Waals surface area contributed by atoms with Crippen molar-refractivity contribution >= 4 is 38.7 Å². The molecular weight excluding hydrogens is 316 g/mol. The Hall–Kier alpha value is -2.20. The second kappa shape index (κ2) is 5.43. The lowest BCUT2D eigenvalue weighted by Gasteiger charge is -2.02. The molecule has 0 aliphatic rings. The average Bonchev–Trinajstić information content (AvgIpc) is 2.48. The van der Waals surface area contributed by atoms with E-state index in [9.17, 15) is 5.11 Å². The zero-order chi connectivity index (χ0) is 13.9. The monoisotopic (exact) mass is 326 g/mol. The van der Waals surface area contributed by atoms with Crippen LogP contribution in [0, 0.1) is 0 Å². The Kier molecular flexibility index (Phi) is 3.48. The van der Waals surface area contributed by atoms with Crippen molar-refractivity contribution < 1.29 is 5.11 Å². The van der Waals surface area contributed by atoms with Gasteiger partial charge in [0.15, 0.2) is 0 Å². The standard InChI is InChI=1S/C16H11BrN2O/c17-12-6-7-16(20)11(9-12)10-19-15-5-1-4-14-13(15)3-2-8-18-14/h1-10,20H. The van der Waals surface area contributed by atoms with Crippen LogP contribution in [0.3, 0.4) is 0 Å². The summed E-state index contributed by atoms with van der Waals surface area (Å²) in [6, 6.07) is 14.9. The number of nitrogens with zero attached hydrogens (tertiary/aromatic N) is 2. The Morgan fingerprint density at radius 2 is 2.00 bits per heavy atom. The van der Waals surface area contributed by atoms with E-state index >= 15 is 0 Å². The topological polar surface area (TPSA) is 45.5 Å². The molecule has 4 heteroatoms. The number of pyridine rings is 1. The van der Waals surface area contributed by atoms with Crippen LogP contribution in [0.2, 0.25) is 0 Å². The predicted octanol–water partition coefficient (Wildman–Crippen LogP) is 4.45. The summed E-state index contributed by atoms with van der Waals surface area (Å²) in [5.41, 5.74) is 2.40. The molecule has 98 valence electrons. The van der Waals surface area contributed by atoms with Gasteiger partial charge in [-0.15, -0.1) is 0 Å². The Morgan fingerprint density at radius 1 is 1.10 bits per heavy atom. The maximum Gasteiger partial charge on any atom is 0.124 e. The van der Waals surface area contributed by atoms with E-state index < -0.39 is 0 Å². The van der Waals surface area contributed by atoms with E-state index in [1.807, 2.05) is 36.4 Å². The molecule has 0 atom stereocenters. The van der Waals surface area contributed by atoms with Crippen LogP contribution >= 0.6 is 15.9 Å². The second-order valence-electron chi connectivity index (χ2n) is 4.31. The molecule has 0 radical (unpaired) electrons. The highest BCUT2D eigenvalue weighted by Crippen LogP contribution is 2.25. The Balaban J connectivity index is 2.05. The second-order valence-corrected chi connectivity index (χ2v) is 5.22. The van der Waals surface area contributed by atoms with Crippen molar-refractivity contribution in [2.75, 3.05) is 0 Å². The van der Waals surface area contributed by atoms with Gasteiger partial charge in [0.1, 0.15) is 5.75 Å². The average molecular weight is 327 g/mol. The summed E-state index contributed by atoms with van der Waals surface area (Å²) >= 11 is 3.38. The van der Waals surface area contributed by atoms with E-state index in [0.717, 1.165) is 21.1 Å². The molecule has 0 amide bonds. The fourth-order valence-corrected chi connectivity index (χ4v) is 2.35. The summed E-state index contributed by atoms with van der Waals surface area (Å²) in [5.74, 6) is 0.204. The number of halogens is 1. The molecule has 0 saturated heterocycles. The van der Waals surface area contributed by atoms with Crippen molar-refractivity contribution in [1.82, 2.24) is 4.98 Å². The van der Waals surface area contributed by atoms with E-state index in [-0.39, 0.29) is 5.75 Å². The van der Waals surface area contributed by atoms with Gasteiger partial charge in [-0.3, -0.25) is 9.98 Å². The molecule has 1 heterocycles. The van der Waals surface area contributed by atoms with Gasteiger partial charge in [-0.25, -0.2) is 0 Å². The number of phenolic OH excluding ortho intramolecular Hbond substituents is 1. The first-order valence-electron chi connectivity index (χ1n) is 6.10. The van der Waals surface area contributed by atoms with E-state index in [4.69, 9.17) is 0 Å². The minimum absolute atomic E-state index is 0.204. The van der Waals surface area contributed by atoms with Crippen molar-refractivity contribution in [3.63, 3.8) is 0 Å². The van der Waals surface area contributed by atoms with Gasteiger partial charge in [0.05, 0.1) is 11.2 Å². The smallest absolute Gasteiger partial charge is 0.124 e. The third kappa shape index (κ3) is 2.56. The van der Waals surface area contributed by atoms with Crippen LogP contribution in [0.4, 0.5) is 5.69 Å². The van der Waals surface area contributed by atoms with Gasteiger partial charge in [-0.05, 0) is 42.5 Å². The van der Waals surface area contributed by atoms with Gasteiger partial charge in [0.25, 0.3) is 0 Å². The summed E-state index contributed by atoms with van der Waals surface area (Å²) in [4.78, 5) is 8.76. The van der Waals surface area contributed by atoms with E-state index in [2.05, 4.69) is 25.9 Å². The van der Waals surface area contributed by atoms with Crippen LogP contribution < -0.4 is 0 Å². The third-order valence-corrected chi connectivity index (χ3v) is 3.45. The lowest BCUT2D eigenvalue weighted by Crippen LogP contribution is -1.83. The van der Waals surface area contributed by atoms with Crippen LogP contribution in [0.15, 0.2) is 64.2 Å². The highest BCUT2D eigenvalue weighted by atomic mass is 79.9. The van der Waals surface area contributed by atoms with Crippen LogP contribution in [0.5, 0.6) is 5.75 Å². The molecule has 1 N–H and O–H groups in total. The number of fused-ring (bicyclic) bond motifs is 1. The first kappa shape index (κ1) is 12.8. The van der Waals surface area contributed by atoms with Crippen molar-refractivity contribution in [3.8, 4) is 5.75 Å². The van der Waals surface area contributed by atoms with Crippen LogP contribution in [0.1, 0.15) is 5.56 Å². The first-order valence-corrected chi connectivity index (χ1v) is 6.90. The third-order valence-electron chi connectivity index (χ3n) is 2.95. The lowest BCUT2D eigenvalue weighted by atomic mass is 10.2. The van der Waals surface area contributed by atoms with Crippen molar-refractivity contribution in [2.24, 2.45) is 4.99 Å². The molecule has 20 heavy (non-hydrogen) atoms. The number of benzene rings is 2. The quantitative estimate of drug-likeness (QED) is 0.707. The highest BCUT2D eigenvalue weighted by molar-refractivity contribution is 9.10. The predicted molar refractivity (Wildman–Crippen MR) is 84.8 cm³/mol. The summed E-state index contributed by atoms with van der Waals surface area (Å²) in [7, 11) is 0. The normalized spacial score (nSPS) is 11.2. The molecule has 0 aliphatic heterocycles. The van der Waals surface area contributed by atoms with Crippen LogP contribution in [-0.2, 0) is 0 Å². The van der Waals surface area contributed by atoms with E-state index in [1.54, 1.807) is 24.5 Å². The highest BCUT2D eigenvalue weighted by Gasteiger charge is 2.01. The van der Waals surface area contributed by atoms with Crippen molar-refractivity contribution in [3.05, 3.63) is 64.8 Å². The molecule has 2 aromatic carbocycles. The first-order chi connectivity index (χ1) is 9.74. The molecule has 0 bridgehead atoms. The van der Waals surface area contributed by atoms with Crippen molar-refractivity contribution in [1.29, 1.82) is 0 Å². The SMILES string of the molecule is Oc1ccc(Br)cc1C=Nc1cccc2ncccc12. The molecule has 0 aliphatic carbocycles. The lowest BCUT2D eigenvalue weighted by molar-refractivity contribution is 0.474. The van der Waals surface area contributed by atoms with Gasteiger partial charge in [0.2, 0.25) is 0 Å². The number of aliphatic imine (C=N–C) groups is 1. The molecule has 3 rings (SSSR count). The van der Waals surface area contributed by atoms with Gasteiger partial charge >= 0.3 is 0 Å². The maximum atomic E-state index is 9.80. The van der Waals surface area contributed by atoms with Crippen molar-refractivity contribution in [2.45, 2.75) is 0 Å². The summed E-state index contributed by atoms with van der Waals surface area (Å²) in [6.45, 7) is 0. The number of aromatic hydroxyl groups is 1. The molecule has 0 fully saturated rings. The maximum absolute atomic E-state index is 9.80. The summed E-state index contributed by atoms with van der Waals surface area (Å²) in [5, 5.41) is 10.8. The fraction of sp³-hybridized carbons (Fsp3) is 0. The summed E-state index contributed by atoms with van der Waals surface area (Å²) < 4.78 is 0.899. The Labute approximate surface area is 124 Å². The molecule has 0 spiro atoms. The minimum atomic E-state index is 0.204. The minimum Gasteiger partial charge on any atom is -0.507 e. The number of aromatic nitrogens is 1. The molecule has 0 unspecified atom stereocenters. The molecule has 1 aromatic heterocycles. The zero-order valence-electron chi connectivity index (χ0n) is 10.5. The van der Waals surface area contributed by atoms with Crippen LogP contribution in [0.25, 0.3) is 10.9 Å². The number of hydrogen-bond donors (Lipinski definition) is 1. The fourth-order valence-electron chi connectivity index (χ4n) is 1.97. The zero-order valence-corrected chi connectivity index (χ0v) is 12.1. The number of phenols is 1. The Bertz CT molecular complexity index is 794. The molecular formula is C16H11BrN2O. The van der Waals surface area contributed by atoms with Gasteiger partial charge in [-0.2, -0.15) is 0 Å².